The number of pyridine rings is 4. The molecule has 1 aromatic carbocycles. The monoisotopic (exact) mass is 2060 g/mol. The number of aryl methyl sites for hydroxylation is 7. The summed E-state index contributed by atoms with van der Waals surface area (Å²) in [5.74, 6) is 0.290. The number of benzene rings is 1. The van der Waals surface area contributed by atoms with Crippen LogP contribution in [0.2, 0.25) is 10.3 Å². The standard InChI is InChI=1S/C22H27N7O4S2.C22H23N7O3S2.C21H24ClN7O3S2.C20H21ClN8O3S2/c1-6-14(30)9-24-17(23)15-19(31)29-35-21(15)28-22-26-11(3)16(34-22)20(32)27-18-10(2)7-13(8-25-18)12(4)33-5;1-10-8-13-6-4-5-7-14(13)26-18(10)27-20(32)16-12(3)25-22(33-16)28-21-15(19(31)29-34-21)17(23)24-11(2)9-30;1-10-5-7-24-16(22)14(10)27-19(31)15-11(2)26-21(33-15)28-20-13(18(30)29-34-20)17(23)25-8-6-12-4-3-9-32-12;1-10-4-5-23-15(21)14(10)26-17(31)11-9-25-20(33-11)27-19-13(18(32)28-34-19)16(22)24-6-8-29-7-2-3-12(29)30/h7-8,14,30H,4,6,9H2,1-3,5H3,(H2,23,24)(H,26,28)(H,29,31)(H,25,27,32);4-8,11,30H,9H2,1-3H3,(H2,23,24)(H,25,28)(H,29,31)(H,26,27,32);5,7,12H,3-4,6,8-9H2,1-2H3,(H2,23,25)(H,26,28)(H,27,31)(H,29,30);4-5,9H,2-3,6-8H2,1H3,(H2,22,24)(H,25,27)(H,26,31)(H,28,32). The lowest BCUT2D eigenvalue weighted by atomic mass is 10.1. The van der Waals surface area contributed by atoms with Crippen molar-refractivity contribution in [3.8, 4) is 0 Å². The van der Waals surface area contributed by atoms with Crippen molar-refractivity contribution in [3.63, 3.8) is 0 Å². The van der Waals surface area contributed by atoms with E-state index >= 15 is 0 Å². The number of thiazole rings is 4. The van der Waals surface area contributed by atoms with Crippen LogP contribution in [0.3, 0.4) is 0 Å². The number of rotatable bonds is 33. The van der Waals surface area contributed by atoms with Crippen LogP contribution >= 0.6 is 115 Å². The lowest BCUT2D eigenvalue weighted by Crippen LogP contribution is -2.29. The van der Waals surface area contributed by atoms with Gasteiger partial charge in [-0.3, -0.25) is 80.6 Å². The van der Waals surface area contributed by atoms with Crippen molar-refractivity contribution in [3.05, 3.63) is 218 Å². The number of hydrogen-bond acceptors (Lipinski definition) is 37. The van der Waals surface area contributed by atoms with Crippen molar-refractivity contribution in [1.29, 1.82) is 0 Å². The minimum Gasteiger partial charge on any atom is -0.497 e. The summed E-state index contributed by atoms with van der Waals surface area (Å²) < 4.78 is 21.2. The summed E-state index contributed by atoms with van der Waals surface area (Å²) in [4.78, 5) is 167. The molecule has 2 saturated heterocycles. The first-order chi connectivity index (χ1) is 65.6. The zero-order valence-corrected chi connectivity index (χ0v) is 83.1. The number of carbonyl (C=O) groups is 5. The first kappa shape index (κ1) is 103. The second-order valence-electron chi connectivity index (χ2n) is 30.3. The fourth-order valence-electron chi connectivity index (χ4n) is 13.0. The summed E-state index contributed by atoms with van der Waals surface area (Å²) in [6.45, 7) is 22.5. The number of methoxy groups -OCH3 is 1. The third-order valence-corrected chi connectivity index (χ3v) is 28.2. The summed E-state index contributed by atoms with van der Waals surface area (Å²) in [7, 11) is 1.53. The number of carbonyl (C=O) groups excluding carboxylic acids is 5. The van der Waals surface area contributed by atoms with E-state index in [1.54, 1.807) is 63.3 Å². The van der Waals surface area contributed by atoms with Crippen LogP contribution in [0, 0.1) is 48.5 Å². The Morgan fingerprint density at radius 3 is 1.55 bits per heavy atom. The smallest absolute Gasteiger partial charge is 0.271 e. The third-order valence-electron chi connectivity index (χ3n) is 20.3. The molecule has 2 fully saturated rings. The highest BCUT2D eigenvalue weighted by atomic mass is 35.5. The summed E-state index contributed by atoms with van der Waals surface area (Å²) >= 11 is 21.0. The van der Waals surface area contributed by atoms with Gasteiger partial charge in [0.15, 0.2) is 30.8 Å². The van der Waals surface area contributed by atoms with E-state index in [0.29, 0.717) is 145 Å². The molecule has 14 heterocycles. The third kappa shape index (κ3) is 26.5. The molecule has 13 aromatic rings. The van der Waals surface area contributed by atoms with Crippen molar-refractivity contribution in [2.45, 2.75) is 119 Å². The topological polar surface area (TPSA) is 632 Å². The number of aliphatic imine (C=N–C) groups is 4. The summed E-state index contributed by atoms with van der Waals surface area (Å²) in [6, 6.07) is 14.5. The Balaban J connectivity index is 0.000000164. The lowest BCUT2D eigenvalue weighted by Gasteiger charge is -2.13. The van der Waals surface area contributed by atoms with Crippen LogP contribution in [0.15, 0.2) is 119 Å². The Morgan fingerprint density at radius 2 is 1.07 bits per heavy atom. The van der Waals surface area contributed by atoms with E-state index in [1.807, 2.05) is 71.0 Å². The molecule has 22 N–H and O–H groups in total. The van der Waals surface area contributed by atoms with E-state index in [2.05, 4.69) is 126 Å². The summed E-state index contributed by atoms with van der Waals surface area (Å²) in [6.07, 6.45) is 10.4. The molecule has 5 amide bonds. The fraction of sp³-hybridized carbons (Fsp3) is 0.306. The van der Waals surface area contributed by atoms with Crippen LogP contribution in [-0.4, -0.2) is 197 Å². The number of amides is 5. The van der Waals surface area contributed by atoms with Crippen molar-refractivity contribution in [2.24, 2.45) is 42.9 Å². The van der Waals surface area contributed by atoms with Gasteiger partial charge in [-0.25, -0.2) is 39.9 Å². The molecular formula is C85H95Cl2N29O13S8. The van der Waals surface area contributed by atoms with Crippen LogP contribution in [-0.2, 0) is 14.3 Å². The van der Waals surface area contributed by atoms with Gasteiger partial charge in [-0.1, -0.05) is 100 Å². The average molecular weight is 2060 g/mol. The highest BCUT2D eigenvalue weighted by Crippen LogP contribution is 2.36. The number of aromatic nitrogens is 12. The van der Waals surface area contributed by atoms with E-state index in [0.717, 1.165) is 162 Å². The number of nitrogens with zero attached hydrogens (tertiary/aromatic N) is 13. The second kappa shape index (κ2) is 47.5. The van der Waals surface area contributed by atoms with Gasteiger partial charge in [0.05, 0.1) is 85.2 Å². The van der Waals surface area contributed by atoms with Gasteiger partial charge in [0, 0.05) is 62.2 Å². The number of anilines is 12. The Morgan fingerprint density at radius 1 is 0.591 bits per heavy atom. The number of halogens is 2. The molecular weight excluding hydrogens is 1960 g/mol. The van der Waals surface area contributed by atoms with E-state index in [4.69, 9.17) is 55.6 Å². The van der Waals surface area contributed by atoms with Gasteiger partial charge < -0.3 is 90.1 Å². The zero-order chi connectivity index (χ0) is 98.6. The molecule has 2 aliphatic rings. The Labute approximate surface area is 823 Å². The van der Waals surface area contributed by atoms with Gasteiger partial charge in [-0.2, -0.15) is 0 Å². The van der Waals surface area contributed by atoms with Crippen LogP contribution in [0.5, 0.6) is 0 Å². The van der Waals surface area contributed by atoms with E-state index in [-0.39, 0.29) is 116 Å². The van der Waals surface area contributed by atoms with Gasteiger partial charge in [-0.05, 0) is 186 Å². The molecule has 0 radical (unpaired) electrons. The van der Waals surface area contributed by atoms with E-state index in [9.17, 15) is 53.4 Å². The Bertz CT molecular complexity index is 6970. The first-order valence-electron chi connectivity index (χ1n) is 41.9. The van der Waals surface area contributed by atoms with Gasteiger partial charge in [0.2, 0.25) is 5.91 Å². The molecule has 0 bridgehead atoms. The molecule has 52 heteroatoms. The summed E-state index contributed by atoms with van der Waals surface area (Å²) in [5.41, 5.74) is 30.6. The normalized spacial score (nSPS) is 13.8. The fourth-order valence-corrected chi connectivity index (χ4v) is 20.0. The number of amidine groups is 4. The summed E-state index contributed by atoms with van der Waals surface area (Å²) in [5, 5.41) is 47.2. The molecule has 0 aliphatic carbocycles. The quantitative estimate of drug-likeness (QED) is 0.00786. The number of aromatic amines is 4. The number of likely N-dealkylation sites (tertiary alicyclic amines) is 1. The molecule has 720 valence electrons. The van der Waals surface area contributed by atoms with Crippen LogP contribution < -0.4 is 87.7 Å². The predicted molar refractivity (Wildman–Crippen MR) is 547 cm³/mol. The molecule has 12 aromatic heterocycles. The number of aliphatic hydroxyl groups excluding tert-OH is 2. The minimum atomic E-state index is -0.640. The number of nitrogens with one attached hydrogen (secondary N) is 12. The second-order valence-corrected chi connectivity index (χ2v) is 38.3. The first-order valence-corrected chi connectivity index (χ1v) is 49.1. The molecule has 3 atom stereocenters. The molecule has 42 nitrogen and oxygen atoms in total. The maximum atomic E-state index is 13.0. The van der Waals surface area contributed by atoms with Crippen molar-refractivity contribution < 1.29 is 43.7 Å². The number of aliphatic hydroxyl groups is 2. The number of fused-ring (bicyclic) bond motifs is 1. The Hall–Kier alpha value is -13.3. The number of para-hydroxylation sites is 1. The maximum absolute atomic E-state index is 13.0. The van der Waals surface area contributed by atoms with Crippen molar-refractivity contribution in [2.75, 3.05) is 95.6 Å². The van der Waals surface area contributed by atoms with Crippen LogP contribution in [0.1, 0.15) is 158 Å². The number of ether oxygens (including phenoxy) is 2. The van der Waals surface area contributed by atoms with E-state index < -0.39 is 23.3 Å². The van der Waals surface area contributed by atoms with Gasteiger partial charge in [-0.15, -0.1) is 0 Å². The SMILES string of the molecule is C=C(OC)c1cnc(NC(=O)c2sc(Nc3s[nH]c(=O)c3C(N)=NCC(O)CC)nc2C)c(C)c1.Cc1cc2ccccc2nc1NC(=O)c1sc(Nc2s[nH]c(=O)c2C(N)=NC(C)CO)nc1C.Cc1ccnc(Cl)c1NC(=O)c1cnc(Nc2s[nH]c(=O)c2C(N)=NCCN2CCCC2=O)s1.Cc1ccnc(Cl)c1NC(=O)c1sc(Nc2s[nH]c(=O)c2C(N)=NCCC2CCCO2)nc1C. The van der Waals surface area contributed by atoms with E-state index in [1.165, 1.54) is 13.3 Å². The highest BCUT2D eigenvalue weighted by Gasteiger charge is 2.29. The lowest BCUT2D eigenvalue weighted by molar-refractivity contribution is -0.127. The molecule has 2 aliphatic heterocycles. The molecule has 3 unspecified atom stereocenters. The molecule has 0 saturated carbocycles. The zero-order valence-electron chi connectivity index (χ0n) is 75.1. The number of hydrogen-bond donors (Lipinski definition) is 18. The van der Waals surface area contributed by atoms with Gasteiger partial charge in [0.1, 0.15) is 103 Å². The molecule has 137 heavy (non-hydrogen) atoms. The molecule has 0 spiro atoms. The average Bonchev–Trinajstić information content (AvgIpc) is 1.73. The van der Waals surface area contributed by atoms with Crippen LogP contribution in [0.4, 0.5) is 63.5 Å². The van der Waals surface area contributed by atoms with Crippen molar-refractivity contribution in [1.82, 2.24) is 62.3 Å². The number of nitrogens with two attached hydrogens (primary N) is 4. The minimum absolute atomic E-state index is 0.00916. The molecule has 15 rings (SSSR count). The number of H-pyrrole nitrogens is 4. The van der Waals surface area contributed by atoms with Crippen LogP contribution in [0.25, 0.3) is 16.7 Å². The largest absolute Gasteiger partial charge is 0.497 e. The van der Waals surface area contributed by atoms with Gasteiger partial charge in [0.25, 0.3) is 45.9 Å². The highest BCUT2D eigenvalue weighted by molar-refractivity contribution is 7.20. The van der Waals surface area contributed by atoms with Gasteiger partial charge >= 0.3 is 0 Å². The maximum Gasteiger partial charge on any atom is 0.271 e. The Kier molecular flexibility index (Phi) is 35.6. The van der Waals surface area contributed by atoms with Crippen molar-refractivity contribution >= 4 is 248 Å². The predicted octanol–water partition coefficient (Wildman–Crippen LogP) is 12.5.